The highest BCUT2D eigenvalue weighted by atomic mass is 19.3. The van der Waals surface area contributed by atoms with Crippen molar-refractivity contribution in [1.29, 1.82) is 0 Å². The van der Waals surface area contributed by atoms with Crippen molar-refractivity contribution < 1.29 is 27.9 Å². The summed E-state index contributed by atoms with van der Waals surface area (Å²) in [7, 11) is 0. The highest BCUT2D eigenvalue weighted by Crippen LogP contribution is 2.24. The molecule has 4 nitrogen and oxygen atoms in total. The smallest absolute Gasteiger partial charge is 0.335 e. The molecule has 23 heavy (non-hydrogen) atoms. The van der Waals surface area contributed by atoms with Crippen molar-refractivity contribution in [2.75, 3.05) is 13.1 Å². The van der Waals surface area contributed by atoms with Gasteiger partial charge in [0.2, 0.25) is 0 Å². The van der Waals surface area contributed by atoms with Gasteiger partial charge in [-0.2, -0.15) is 8.78 Å². The van der Waals surface area contributed by atoms with Crippen molar-refractivity contribution in [3.8, 4) is 11.8 Å². The Morgan fingerprint density at radius 2 is 1.70 bits per heavy atom. The Balaban J connectivity index is 2.24. The number of amides is 1. The lowest BCUT2D eigenvalue weighted by molar-refractivity contribution is 0.0298. The normalized spacial score (nSPS) is 23.2. The number of aromatic carboxylic acids is 1. The molecule has 7 heteroatoms. The lowest BCUT2D eigenvalue weighted by atomic mass is 10.0. The summed E-state index contributed by atoms with van der Waals surface area (Å²) in [4.78, 5) is 24.1. The van der Waals surface area contributed by atoms with Crippen molar-refractivity contribution in [3.63, 3.8) is 0 Å². The van der Waals surface area contributed by atoms with Crippen LogP contribution >= 0.6 is 0 Å². The van der Waals surface area contributed by atoms with Gasteiger partial charge in [-0.25, -0.2) is 9.18 Å². The Bertz CT molecular complexity index is 687. The van der Waals surface area contributed by atoms with Gasteiger partial charge in [0.25, 0.3) is 5.91 Å². The van der Waals surface area contributed by atoms with Crippen LogP contribution in [0, 0.1) is 11.8 Å². The maximum Gasteiger partial charge on any atom is 0.335 e. The number of rotatable bonds is 2. The summed E-state index contributed by atoms with van der Waals surface area (Å²) in [6.45, 7) is 0.255. The molecule has 1 amide bonds. The van der Waals surface area contributed by atoms with Gasteiger partial charge in [-0.05, 0) is 37.1 Å². The largest absolute Gasteiger partial charge is 0.478 e. The number of carbonyl (C=O) groups excluding carboxylic acids is 1. The molecule has 2 rings (SSSR count). The maximum absolute atomic E-state index is 14.2. The summed E-state index contributed by atoms with van der Waals surface area (Å²) in [5.41, 5.74) is -2.16. The van der Waals surface area contributed by atoms with E-state index < -0.39 is 36.4 Å². The molecule has 1 aromatic rings. The van der Waals surface area contributed by atoms with Crippen molar-refractivity contribution in [2.24, 2.45) is 0 Å². The Labute approximate surface area is 130 Å². The van der Waals surface area contributed by atoms with Gasteiger partial charge < -0.3 is 10.0 Å². The minimum absolute atomic E-state index is 0.0121. The van der Waals surface area contributed by atoms with Crippen LogP contribution in [0.3, 0.4) is 0 Å². The zero-order chi connectivity index (χ0) is 17.3. The topological polar surface area (TPSA) is 57.6 Å². The average Bonchev–Trinajstić information content (AvgIpc) is 2.48. The Kier molecular flexibility index (Phi) is 4.37. The first-order valence-corrected chi connectivity index (χ1v) is 6.83. The van der Waals surface area contributed by atoms with E-state index in [1.54, 1.807) is 5.92 Å². The molecule has 1 N–H and O–H groups in total. The zero-order valence-corrected chi connectivity index (χ0v) is 12.3. The lowest BCUT2D eigenvalue weighted by Crippen LogP contribution is -2.44. The Hall–Kier alpha value is -2.49. The second kappa shape index (κ2) is 5.95. The molecule has 0 saturated heterocycles. The van der Waals surface area contributed by atoms with E-state index in [2.05, 4.69) is 0 Å². The molecule has 1 aliphatic heterocycles. The standard InChI is InChI=1S/C16H14F3NO3/c1-15(17)6-7-16(18,19)8-9-20(10-15)13(21)11-2-4-12(5-3-11)14(22)23/h2-5H,8-10H2,1H3,(H,22,23). The number of carboxylic acid groups (broad SMARTS) is 1. The van der Waals surface area contributed by atoms with E-state index >= 15 is 0 Å². The monoisotopic (exact) mass is 325 g/mol. The zero-order valence-electron chi connectivity index (χ0n) is 12.3. The van der Waals surface area contributed by atoms with Crippen LogP contribution in [0.5, 0.6) is 0 Å². The molecule has 1 unspecified atom stereocenters. The number of carbonyl (C=O) groups is 2. The molecule has 1 atom stereocenters. The molecule has 1 aromatic carbocycles. The van der Waals surface area contributed by atoms with Crippen LogP contribution in [-0.2, 0) is 0 Å². The number of alkyl halides is 3. The number of halogens is 3. The van der Waals surface area contributed by atoms with Gasteiger partial charge in [-0.1, -0.05) is 5.92 Å². The number of hydrogen-bond acceptors (Lipinski definition) is 2. The summed E-state index contributed by atoms with van der Waals surface area (Å²) >= 11 is 0. The SMILES string of the molecule is CC1(F)C#CC(F)(F)CCN(C(=O)c2ccc(C(=O)O)cc2)C1. The van der Waals surface area contributed by atoms with Crippen molar-refractivity contribution in [1.82, 2.24) is 4.90 Å². The third-order valence-electron chi connectivity index (χ3n) is 3.36. The van der Waals surface area contributed by atoms with Crippen LogP contribution < -0.4 is 0 Å². The molecule has 0 bridgehead atoms. The van der Waals surface area contributed by atoms with Gasteiger partial charge in [0, 0.05) is 18.5 Å². The van der Waals surface area contributed by atoms with E-state index in [1.165, 1.54) is 24.3 Å². The van der Waals surface area contributed by atoms with Crippen molar-refractivity contribution in [3.05, 3.63) is 35.4 Å². The fraction of sp³-hybridized carbons (Fsp3) is 0.375. The van der Waals surface area contributed by atoms with Gasteiger partial charge in [-0.3, -0.25) is 4.79 Å². The molecule has 122 valence electrons. The van der Waals surface area contributed by atoms with E-state index in [1.807, 2.05) is 5.92 Å². The highest BCUT2D eigenvalue weighted by Gasteiger charge is 2.35. The molecule has 1 heterocycles. The van der Waals surface area contributed by atoms with Crippen LogP contribution in [0.15, 0.2) is 24.3 Å². The van der Waals surface area contributed by atoms with E-state index in [0.29, 0.717) is 0 Å². The molecule has 0 aromatic heterocycles. The third kappa shape index (κ3) is 4.25. The minimum atomic E-state index is -3.36. The lowest BCUT2D eigenvalue weighted by Gasteiger charge is -2.30. The second-order valence-corrected chi connectivity index (χ2v) is 5.51. The molecule has 1 aliphatic rings. The second-order valence-electron chi connectivity index (χ2n) is 5.51. The predicted molar refractivity (Wildman–Crippen MR) is 76.2 cm³/mol. The van der Waals surface area contributed by atoms with E-state index in [4.69, 9.17) is 5.11 Å². The molecule has 0 fully saturated rings. The number of hydrogen-bond donors (Lipinski definition) is 1. The quantitative estimate of drug-likeness (QED) is 0.851. The minimum Gasteiger partial charge on any atom is -0.478 e. The van der Waals surface area contributed by atoms with E-state index in [9.17, 15) is 22.8 Å². The Morgan fingerprint density at radius 1 is 1.13 bits per heavy atom. The molecular formula is C16H14F3NO3. The van der Waals surface area contributed by atoms with Gasteiger partial charge >= 0.3 is 11.9 Å². The van der Waals surface area contributed by atoms with Gasteiger partial charge in [-0.15, -0.1) is 0 Å². The third-order valence-corrected chi connectivity index (χ3v) is 3.36. The fourth-order valence-corrected chi connectivity index (χ4v) is 2.15. The van der Waals surface area contributed by atoms with Crippen molar-refractivity contribution >= 4 is 11.9 Å². The molecule has 0 radical (unpaired) electrons. The number of carboxylic acids is 1. The van der Waals surface area contributed by atoms with Crippen LogP contribution in [0.2, 0.25) is 0 Å². The summed E-state index contributed by atoms with van der Waals surface area (Å²) < 4.78 is 41.0. The highest BCUT2D eigenvalue weighted by molar-refractivity contribution is 5.96. The van der Waals surface area contributed by atoms with Gasteiger partial charge in [0.15, 0.2) is 5.67 Å². The van der Waals surface area contributed by atoms with Crippen molar-refractivity contribution in [2.45, 2.75) is 24.9 Å². The Morgan fingerprint density at radius 3 is 2.26 bits per heavy atom. The number of benzene rings is 1. The van der Waals surface area contributed by atoms with E-state index in [-0.39, 0.29) is 17.7 Å². The molecule has 0 spiro atoms. The summed E-state index contributed by atoms with van der Waals surface area (Å²) in [6, 6.07) is 4.99. The maximum atomic E-state index is 14.2. The van der Waals surface area contributed by atoms with Crippen LogP contribution in [0.1, 0.15) is 34.1 Å². The summed E-state index contributed by atoms with van der Waals surface area (Å²) in [6.07, 6.45) is -0.685. The van der Waals surface area contributed by atoms with Crippen LogP contribution in [-0.4, -0.2) is 46.6 Å². The average molecular weight is 325 g/mol. The fourth-order valence-electron chi connectivity index (χ4n) is 2.15. The first-order valence-electron chi connectivity index (χ1n) is 6.83. The molecule has 0 aliphatic carbocycles. The number of nitrogens with zero attached hydrogens (tertiary/aromatic N) is 1. The van der Waals surface area contributed by atoms with E-state index in [0.717, 1.165) is 11.8 Å². The first-order chi connectivity index (χ1) is 10.6. The van der Waals surface area contributed by atoms with Crippen LogP contribution in [0.4, 0.5) is 13.2 Å². The summed E-state index contributed by atoms with van der Waals surface area (Å²) in [5, 5.41) is 8.81. The molecular weight excluding hydrogens is 311 g/mol. The van der Waals surface area contributed by atoms with Gasteiger partial charge in [0.05, 0.1) is 12.1 Å². The van der Waals surface area contributed by atoms with Crippen LogP contribution in [0.25, 0.3) is 0 Å². The predicted octanol–water partition coefficient (Wildman–Crippen LogP) is 2.60. The summed E-state index contributed by atoms with van der Waals surface area (Å²) in [5.74, 6) is -1.68. The molecule has 0 saturated carbocycles. The van der Waals surface area contributed by atoms with Gasteiger partial charge in [0.1, 0.15) is 0 Å². The first kappa shape index (κ1) is 16.9.